The molecular formula is C31H35N3O4S. The molecule has 8 heteroatoms. The van der Waals surface area contributed by atoms with Gasteiger partial charge in [0.05, 0.1) is 0 Å². The fourth-order valence-electron chi connectivity index (χ4n) is 4.11. The van der Waals surface area contributed by atoms with Gasteiger partial charge in [-0.25, -0.2) is 4.79 Å². The van der Waals surface area contributed by atoms with E-state index in [0.29, 0.717) is 29.0 Å². The van der Waals surface area contributed by atoms with Gasteiger partial charge in [-0.2, -0.15) is 11.8 Å². The number of nitrogens with zero attached hydrogens (tertiary/aromatic N) is 1. The first-order chi connectivity index (χ1) is 18.5. The van der Waals surface area contributed by atoms with E-state index in [1.54, 1.807) is 63.8 Å². The second-order valence-corrected chi connectivity index (χ2v) is 11.1. The highest BCUT2D eigenvalue weighted by atomic mass is 32.2. The number of carbonyl (C=O) groups is 3. The van der Waals surface area contributed by atoms with Crippen molar-refractivity contribution in [1.82, 2.24) is 10.2 Å². The van der Waals surface area contributed by atoms with Crippen molar-refractivity contribution in [2.75, 3.05) is 24.4 Å². The summed E-state index contributed by atoms with van der Waals surface area (Å²) >= 11 is 1.56. The van der Waals surface area contributed by atoms with E-state index in [4.69, 9.17) is 11.2 Å². The van der Waals surface area contributed by atoms with E-state index < -0.39 is 35.6 Å². The first-order valence-corrected chi connectivity index (χ1v) is 14.0. The Hall–Kier alpha value is -3.96. The molecule has 0 saturated heterocycles. The average molecular weight is 546 g/mol. The van der Waals surface area contributed by atoms with E-state index in [2.05, 4.69) is 16.6 Å². The van der Waals surface area contributed by atoms with Crippen molar-refractivity contribution in [3.63, 3.8) is 0 Å². The lowest BCUT2D eigenvalue weighted by Crippen LogP contribution is -2.51. The number of fused-ring (bicyclic) bond motifs is 1. The Bertz CT molecular complexity index is 1360. The maximum Gasteiger partial charge on any atom is 0.408 e. The predicted octanol–water partition coefficient (Wildman–Crippen LogP) is 5.61. The molecule has 0 aliphatic rings. The van der Waals surface area contributed by atoms with Gasteiger partial charge in [-0.3, -0.25) is 9.59 Å². The average Bonchev–Trinajstić information content (AvgIpc) is 2.90. The van der Waals surface area contributed by atoms with Gasteiger partial charge in [-0.1, -0.05) is 48.4 Å². The third-order valence-corrected chi connectivity index (χ3v) is 6.64. The van der Waals surface area contributed by atoms with Crippen LogP contribution >= 0.6 is 11.8 Å². The van der Waals surface area contributed by atoms with Crippen LogP contribution in [0.3, 0.4) is 0 Å². The molecule has 2 N–H and O–H groups in total. The Morgan fingerprint density at radius 1 is 1.03 bits per heavy atom. The highest BCUT2D eigenvalue weighted by Gasteiger charge is 2.34. The Labute approximate surface area is 234 Å². The number of likely N-dealkylation sites (N-methyl/N-ethyl adjacent to an activating group) is 1. The molecule has 3 amide bonds. The van der Waals surface area contributed by atoms with E-state index in [1.807, 2.05) is 48.7 Å². The quantitative estimate of drug-likeness (QED) is 0.342. The molecule has 3 aromatic carbocycles. The minimum atomic E-state index is -0.979. The largest absolute Gasteiger partial charge is 0.444 e. The number of alkyl carbamates (subject to hydrolysis) is 1. The molecule has 0 saturated carbocycles. The number of terminal acetylenes is 1. The third kappa shape index (κ3) is 8.26. The number of ether oxygens (including phenoxy) is 1. The van der Waals surface area contributed by atoms with Crippen LogP contribution in [0.25, 0.3) is 10.8 Å². The smallest absolute Gasteiger partial charge is 0.408 e. The molecule has 3 rings (SSSR count). The van der Waals surface area contributed by atoms with Crippen LogP contribution in [0.4, 0.5) is 10.5 Å². The zero-order chi connectivity index (χ0) is 28.6. The van der Waals surface area contributed by atoms with Gasteiger partial charge in [0.25, 0.3) is 5.91 Å². The Morgan fingerprint density at radius 2 is 1.69 bits per heavy atom. The summed E-state index contributed by atoms with van der Waals surface area (Å²) in [5, 5.41) is 7.69. The van der Waals surface area contributed by atoms with E-state index in [-0.39, 0.29) is 0 Å². The summed E-state index contributed by atoms with van der Waals surface area (Å²) in [7, 11) is 1.56. The monoisotopic (exact) mass is 545 g/mol. The van der Waals surface area contributed by atoms with E-state index in [9.17, 15) is 14.4 Å². The summed E-state index contributed by atoms with van der Waals surface area (Å²) in [6.07, 6.45) is 7.13. The summed E-state index contributed by atoms with van der Waals surface area (Å²) in [5.74, 6) is 2.40. The summed E-state index contributed by atoms with van der Waals surface area (Å²) in [4.78, 5) is 41.4. The molecule has 39 heavy (non-hydrogen) atoms. The van der Waals surface area contributed by atoms with Crippen LogP contribution in [-0.4, -0.2) is 53.5 Å². The van der Waals surface area contributed by atoms with Crippen LogP contribution in [-0.2, 0) is 14.3 Å². The van der Waals surface area contributed by atoms with Crippen LogP contribution in [0.1, 0.15) is 44.4 Å². The summed E-state index contributed by atoms with van der Waals surface area (Å²) in [6.45, 7) is 5.26. The zero-order valence-electron chi connectivity index (χ0n) is 23.0. The maximum absolute atomic E-state index is 13.8. The summed E-state index contributed by atoms with van der Waals surface area (Å²) < 4.78 is 5.38. The topological polar surface area (TPSA) is 87.7 Å². The van der Waals surface area contributed by atoms with Crippen LogP contribution in [0.2, 0.25) is 0 Å². The Kier molecular flexibility index (Phi) is 10.0. The normalized spacial score (nSPS) is 12.6. The number of anilines is 1. The SMILES string of the molecule is C#Cc1ccc(C(C(=O)Nc2ccc3ccccc3c2)N(C)C(=O)C(CCSC)NC(=O)OC(C)(C)C)cc1. The summed E-state index contributed by atoms with van der Waals surface area (Å²) in [6, 6.07) is 18.6. The standard InChI is InChI=1S/C31H35N3O4S/c1-7-21-12-14-23(15-13-21)27(28(35)32-25-17-16-22-10-8-9-11-24(22)20-25)34(5)29(36)26(18-19-39-6)33-30(37)38-31(2,3)4/h1,8-17,20,26-27H,18-19H2,2-6H3,(H,32,35)(H,33,37). The molecule has 2 unspecified atom stereocenters. The van der Waals surface area contributed by atoms with Crippen LogP contribution < -0.4 is 10.6 Å². The summed E-state index contributed by atoms with van der Waals surface area (Å²) in [5.41, 5.74) is 1.13. The van der Waals surface area contributed by atoms with Crippen molar-refractivity contribution in [3.8, 4) is 12.3 Å². The number of amides is 3. The minimum Gasteiger partial charge on any atom is -0.444 e. The maximum atomic E-state index is 13.8. The van der Waals surface area contributed by atoms with Crippen LogP contribution in [0.15, 0.2) is 66.7 Å². The first kappa shape index (κ1) is 29.6. The molecule has 0 radical (unpaired) electrons. The molecule has 204 valence electrons. The molecule has 0 aliphatic heterocycles. The van der Waals surface area contributed by atoms with Gasteiger partial charge in [-0.15, -0.1) is 6.42 Å². The van der Waals surface area contributed by atoms with Gasteiger partial charge in [0.2, 0.25) is 5.91 Å². The molecular weight excluding hydrogens is 510 g/mol. The van der Waals surface area contributed by atoms with Gasteiger partial charge in [0.15, 0.2) is 0 Å². The van der Waals surface area contributed by atoms with Crippen LogP contribution in [0, 0.1) is 12.3 Å². The van der Waals surface area contributed by atoms with E-state index in [0.717, 1.165) is 10.8 Å². The molecule has 0 bridgehead atoms. The molecule has 7 nitrogen and oxygen atoms in total. The van der Waals surface area contributed by atoms with E-state index >= 15 is 0 Å². The third-order valence-electron chi connectivity index (χ3n) is 5.99. The number of hydrogen-bond donors (Lipinski definition) is 2. The number of benzene rings is 3. The van der Waals surface area contributed by atoms with Crippen molar-refractivity contribution in [3.05, 3.63) is 77.9 Å². The van der Waals surface area contributed by atoms with E-state index in [1.165, 1.54) is 4.90 Å². The lowest BCUT2D eigenvalue weighted by atomic mass is 10.0. The van der Waals surface area contributed by atoms with Crippen molar-refractivity contribution in [2.24, 2.45) is 0 Å². The Balaban J connectivity index is 1.92. The minimum absolute atomic E-state index is 0.374. The zero-order valence-corrected chi connectivity index (χ0v) is 23.8. The van der Waals surface area contributed by atoms with Crippen molar-refractivity contribution < 1.29 is 19.1 Å². The van der Waals surface area contributed by atoms with Gasteiger partial charge in [0.1, 0.15) is 17.7 Å². The Morgan fingerprint density at radius 3 is 2.31 bits per heavy atom. The first-order valence-electron chi connectivity index (χ1n) is 12.6. The highest BCUT2D eigenvalue weighted by molar-refractivity contribution is 7.98. The number of hydrogen-bond acceptors (Lipinski definition) is 5. The fourth-order valence-corrected chi connectivity index (χ4v) is 4.58. The van der Waals surface area contributed by atoms with Gasteiger partial charge >= 0.3 is 6.09 Å². The predicted molar refractivity (Wildman–Crippen MR) is 159 cm³/mol. The highest BCUT2D eigenvalue weighted by Crippen LogP contribution is 2.25. The number of nitrogens with one attached hydrogen (secondary N) is 2. The van der Waals surface area contributed by atoms with Gasteiger partial charge < -0.3 is 20.3 Å². The van der Waals surface area contributed by atoms with Gasteiger partial charge in [-0.05, 0) is 79.8 Å². The number of carbonyl (C=O) groups excluding carboxylic acids is 3. The second kappa shape index (κ2) is 13.2. The molecule has 0 aliphatic carbocycles. The number of thioether (sulfide) groups is 1. The lowest BCUT2D eigenvalue weighted by Gasteiger charge is -2.31. The molecule has 0 aromatic heterocycles. The molecule has 0 spiro atoms. The molecule has 0 heterocycles. The van der Waals surface area contributed by atoms with Crippen molar-refractivity contribution in [2.45, 2.75) is 44.9 Å². The molecule has 0 fully saturated rings. The lowest BCUT2D eigenvalue weighted by molar-refractivity contribution is -0.139. The number of rotatable bonds is 9. The fraction of sp³-hybridized carbons (Fsp3) is 0.323. The van der Waals surface area contributed by atoms with Gasteiger partial charge in [0, 0.05) is 18.3 Å². The van der Waals surface area contributed by atoms with Crippen molar-refractivity contribution >= 4 is 46.1 Å². The second-order valence-electron chi connectivity index (χ2n) is 10.1. The molecule has 2 atom stereocenters. The van der Waals surface area contributed by atoms with Crippen LogP contribution in [0.5, 0.6) is 0 Å². The molecule has 3 aromatic rings. The van der Waals surface area contributed by atoms with Crippen molar-refractivity contribution in [1.29, 1.82) is 0 Å².